The molecule has 1 amide bonds. The number of rotatable bonds is 5. The van der Waals surface area contributed by atoms with Crippen LogP contribution >= 0.6 is 0 Å². The van der Waals surface area contributed by atoms with Crippen LogP contribution in [-0.4, -0.2) is 46.8 Å². The normalized spacial score (nSPS) is 14.3. The Bertz CT molecular complexity index is 1360. The fraction of sp³-hybridized carbons (Fsp3) is 0.222. The predicted molar refractivity (Wildman–Crippen MR) is 135 cm³/mol. The Morgan fingerprint density at radius 2 is 1.50 bits per heavy atom. The Morgan fingerprint density at radius 3 is 2.21 bits per heavy atom. The molecule has 7 nitrogen and oxygen atoms in total. The fourth-order valence-electron chi connectivity index (χ4n) is 4.42. The molecule has 1 N–H and O–H groups in total. The van der Waals surface area contributed by atoms with E-state index in [1.807, 2.05) is 24.3 Å². The Morgan fingerprint density at radius 1 is 0.853 bits per heavy atom. The standard InChI is InChI=1S/C27H27N5O2/c1-30-27(34)24-10-6-5-9-23(24)25(29-30)26(33)28-21-11-13-22(14-12-21)32-17-15-31(16-18-32)19-20-7-3-2-4-8-20/h2-14H,15-19H2,1H3,(H,28,33). The van der Waals surface area contributed by atoms with Crippen molar-refractivity contribution in [1.82, 2.24) is 14.7 Å². The van der Waals surface area contributed by atoms with Gasteiger partial charge in [-0.1, -0.05) is 48.5 Å². The van der Waals surface area contributed by atoms with Crippen LogP contribution < -0.4 is 15.8 Å². The minimum atomic E-state index is -0.339. The van der Waals surface area contributed by atoms with E-state index in [1.165, 1.54) is 10.2 Å². The summed E-state index contributed by atoms with van der Waals surface area (Å²) in [6.45, 7) is 4.93. The monoisotopic (exact) mass is 453 g/mol. The number of carbonyl (C=O) groups is 1. The lowest BCUT2D eigenvalue weighted by Crippen LogP contribution is -2.45. The second kappa shape index (κ2) is 9.49. The van der Waals surface area contributed by atoms with E-state index >= 15 is 0 Å². The Hall–Kier alpha value is -3.97. The smallest absolute Gasteiger partial charge is 0.276 e. The third kappa shape index (κ3) is 4.56. The summed E-state index contributed by atoms with van der Waals surface area (Å²) in [7, 11) is 1.56. The molecular weight excluding hydrogens is 426 g/mol. The number of hydrogen-bond acceptors (Lipinski definition) is 5. The zero-order chi connectivity index (χ0) is 23.5. The number of carbonyl (C=O) groups excluding carboxylic acids is 1. The second-order valence-electron chi connectivity index (χ2n) is 8.57. The predicted octanol–water partition coefficient (Wildman–Crippen LogP) is 3.51. The fourth-order valence-corrected chi connectivity index (χ4v) is 4.42. The number of fused-ring (bicyclic) bond motifs is 1. The summed E-state index contributed by atoms with van der Waals surface area (Å²) in [6, 6.07) is 25.5. The van der Waals surface area contributed by atoms with Crippen LogP contribution in [0, 0.1) is 0 Å². The molecule has 1 saturated heterocycles. The highest BCUT2D eigenvalue weighted by Crippen LogP contribution is 2.21. The van der Waals surface area contributed by atoms with Crippen molar-refractivity contribution >= 4 is 28.1 Å². The van der Waals surface area contributed by atoms with Gasteiger partial charge in [-0.15, -0.1) is 0 Å². The first-order valence-corrected chi connectivity index (χ1v) is 11.5. The molecule has 1 aromatic heterocycles. The van der Waals surface area contributed by atoms with E-state index in [2.05, 4.69) is 50.5 Å². The summed E-state index contributed by atoms with van der Waals surface area (Å²) in [5.41, 5.74) is 3.19. The number of aryl methyl sites for hydroxylation is 1. The first-order valence-electron chi connectivity index (χ1n) is 11.5. The molecule has 0 atom stereocenters. The van der Waals surface area contributed by atoms with E-state index in [-0.39, 0.29) is 17.2 Å². The molecule has 1 fully saturated rings. The molecule has 1 aliphatic heterocycles. The zero-order valence-corrected chi connectivity index (χ0v) is 19.1. The number of benzene rings is 3. The van der Waals surface area contributed by atoms with E-state index in [0.29, 0.717) is 16.5 Å². The SMILES string of the molecule is Cn1nc(C(=O)Nc2ccc(N3CCN(Cc4ccccc4)CC3)cc2)c2ccccc2c1=O. The van der Waals surface area contributed by atoms with E-state index < -0.39 is 0 Å². The van der Waals surface area contributed by atoms with Crippen LogP contribution in [0.1, 0.15) is 16.1 Å². The van der Waals surface area contributed by atoms with Gasteiger partial charge < -0.3 is 10.2 Å². The molecule has 1 aliphatic rings. The van der Waals surface area contributed by atoms with Crippen molar-refractivity contribution in [2.24, 2.45) is 7.05 Å². The Labute approximate surface area is 198 Å². The van der Waals surface area contributed by atoms with Crippen molar-refractivity contribution < 1.29 is 4.79 Å². The lowest BCUT2D eigenvalue weighted by molar-refractivity contribution is 0.102. The van der Waals surface area contributed by atoms with Gasteiger partial charge in [0, 0.05) is 56.5 Å². The van der Waals surface area contributed by atoms with E-state index in [9.17, 15) is 9.59 Å². The van der Waals surface area contributed by atoms with Crippen molar-refractivity contribution in [2.75, 3.05) is 36.4 Å². The van der Waals surface area contributed by atoms with E-state index in [0.717, 1.165) is 38.4 Å². The van der Waals surface area contributed by atoms with Gasteiger partial charge in [0.2, 0.25) is 0 Å². The summed E-state index contributed by atoms with van der Waals surface area (Å²) in [6.07, 6.45) is 0. The number of nitrogens with zero attached hydrogens (tertiary/aromatic N) is 4. The second-order valence-corrected chi connectivity index (χ2v) is 8.57. The van der Waals surface area contributed by atoms with Gasteiger partial charge in [-0.2, -0.15) is 5.10 Å². The lowest BCUT2D eigenvalue weighted by atomic mass is 10.1. The largest absolute Gasteiger partial charge is 0.369 e. The van der Waals surface area contributed by atoms with E-state index in [4.69, 9.17) is 0 Å². The van der Waals surface area contributed by atoms with Crippen molar-refractivity contribution in [3.8, 4) is 0 Å². The minimum Gasteiger partial charge on any atom is -0.369 e. The number of piperazine rings is 1. The number of nitrogens with one attached hydrogen (secondary N) is 1. The first kappa shape index (κ1) is 21.9. The molecule has 3 aromatic carbocycles. The van der Waals surface area contributed by atoms with E-state index in [1.54, 1.807) is 31.3 Å². The molecule has 4 aromatic rings. The van der Waals surface area contributed by atoms with Gasteiger partial charge in [0.15, 0.2) is 5.69 Å². The van der Waals surface area contributed by atoms with Crippen molar-refractivity contribution in [3.63, 3.8) is 0 Å². The van der Waals surface area contributed by atoms with Crippen LogP contribution in [0.25, 0.3) is 10.8 Å². The summed E-state index contributed by atoms with van der Waals surface area (Å²) >= 11 is 0. The topological polar surface area (TPSA) is 70.5 Å². The Balaban J connectivity index is 1.23. The van der Waals surface area contributed by atoms with Crippen LogP contribution in [-0.2, 0) is 13.6 Å². The first-order chi connectivity index (χ1) is 16.6. The molecule has 0 saturated carbocycles. The van der Waals surface area contributed by atoms with Gasteiger partial charge in [0.25, 0.3) is 11.5 Å². The third-order valence-corrected chi connectivity index (χ3v) is 6.28. The Kier molecular flexibility index (Phi) is 6.10. The summed E-state index contributed by atoms with van der Waals surface area (Å²) in [5, 5.41) is 8.15. The molecule has 0 bridgehead atoms. The molecule has 172 valence electrons. The average molecular weight is 454 g/mol. The lowest BCUT2D eigenvalue weighted by Gasteiger charge is -2.36. The summed E-state index contributed by atoms with van der Waals surface area (Å²) in [4.78, 5) is 30.1. The molecule has 0 spiro atoms. The average Bonchev–Trinajstić information content (AvgIpc) is 2.88. The van der Waals surface area contributed by atoms with Crippen molar-refractivity contribution in [1.29, 1.82) is 0 Å². The highest BCUT2D eigenvalue weighted by Gasteiger charge is 2.18. The van der Waals surface area contributed by atoms with Gasteiger partial charge in [-0.25, -0.2) is 4.68 Å². The van der Waals surface area contributed by atoms with Crippen LogP contribution in [0.5, 0.6) is 0 Å². The molecular formula is C27H27N5O2. The summed E-state index contributed by atoms with van der Waals surface area (Å²) < 4.78 is 1.21. The van der Waals surface area contributed by atoms with Crippen LogP contribution in [0.2, 0.25) is 0 Å². The maximum Gasteiger partial charge on any atom is 0.276 e. The summed E-state index contributed by atoms with van der Waals surface area (Å²) in [5.74, 6) is -0.339. The highest BCUT2D eigenvalue weighted by molar-refractivity contribution is 6.11. The minimum absolute atomic E-state index is 0.222. The maximum atomic E-state index is 13.0. The molecule has 34 heavy (non-hydrogen) atoms. The molecule has 0 unspecified atom stereocenters. The third-order valence-electron chi connectivity index (χ3n) is 6.28. The highest BCUT2D eigenvalue weighted by atomic mass is 16.2. The van der Waals surface area contributed by atoms with Gasteiger partial charge in [-0.3, -0.25) is 14.5 Å². The van der Waals surface area contributed by atoms with Gasteiger partial charge in [0.05, 0.1) is 5.39 Å². The van der Waals surface area contributed by atoms with Crippen molar-refractivity contribution in [3.05, 3.63) is 100 Å². The quantitative estimate of drug-likeness (QED) is 0.501. The number of amides is 1. The van der Waals surface area contributed by atoms with Crippen molar-refractivity contribution in [2.45, 2.75) is 6.54 Å². The number of anilines is 2. The molecule has 7 heteroatoms. The van der Waals surface area contributed by atoms with Crippen LogP contribution in [0.15, 0.2) is 83.7 Å². The van der Waals surface area contributed by atoms with Crippen LogP contribution in [0.4, 0.5) is 11.4 Å². The number of aromatic nitrogens is 2. The van der Waals surface area contributed by atoms with Gasteiger partial charge in [0.1, 0.15) is 0 Å². The zero-order valence-electron chi connectivity index (χ0n) is 19.1. The van der Waals surface area contributed by atoms with Crippen LogP contribution in [0.3, 0.4) is 0 Å². The van der Waals surface area contributed by atoms with Gasteiger partial charge in [-0.05, 0) is 35.9 Å². The number of hydrogen-bond donors (Lipinski definition) is 1. The molecule has 2 heterocycles. The molecule has 0 aliphatic carbocycles. The molecule has 0 radical (unpaired) electrons. The van der Waals surface area contributed by atoms with Gasteiger partial charge >= 0.3 is 0 Å². The molecule has 5 rings (SSSR count). The maximum absolute atomic E-state index is 13.0.